The summed E-state index contributed by atoms with van der Waals surface area (Å²) in [4.78, 5) is 16.5. The number of rotatable bonds is 2. The molecule has 2 heterocycles. The summed E-state index contributed by atoms with van der Waals surface area (Å²) in [6.07, 6.45) is 0. The molecule has 0 amide bonds. The van der Waals surface area contributed by atoms with Crippen LogP contribution in [-0.4, -0.2) is 4.38 Å². The summed E-state index contributed by atoms with van der Waals surface area (Å²) >= 11 is 3.42. The van der Waals surface area contributed by atoms with E-state index in [1.54, 1.807) is 29.6 Å². The van der Waals surface area contributed by atoms with Gasteiger partial charge < -0.3 is 4.42 Å². The van der Waals surface area contributed by atoms with Crippen molar-refractivity contribution >= 4 is 44.6 Å². The third-order valence-corrected chi connectivity index (χ3v) is 6.19. The number of benzene rings is 2. The van der Waals surface area contributed by atoms with E-state index in [-0.39, 0.29) is 5.63 Å². The molecule has 0 bridgehead atoms. The second-order valence-corrected chi connectivity index (χ2v) is 7.86. The van der Waals surface area contributed by atoms with E-state index in [1.807, 2.05) is 43.3 Å². The first kappa shape index (κ1) is 15.5. The van der Waals surface area contributed by atoms with Crippen LogP contribution in [0.4, 0.5) is 5.69 Å². The summed E-state index contributed by atoms with van der Waals surface area (Å²) < 4.78 is 6.36. The van der Waals surface area contributed by atoms with Gasteiger partial charge in [0.1, 0.15) is 9.96 Å². The van der Waals surface area contributed by atoms with Crippen molar-refractivity contribution in [1.82, 2.24) is 0 Å². The van der Waals surface area contributed by atoms with Crippen LogP contribution in [-0.2, 0) is 11.5 Å². The van der Waals surface area contributed by atoms with Crippen molar-refractivity contribution < 1.29 is 4.42 Å². The average Bonchev–Trinajstić information content (AvgIpc) is 2.59. The van der Waals surface area contributed by atoms with E-state index in [4.69, 9.17) is 9.41 Å². The van der Waals surface area contributed by atoms with Gasteiger partial charge in [-0.2, -0.15) is 0 Å². The molecule has 0 saturated heterocycles. The molecule has 0 unspecified atom stereocenters. The smallest absolute Gasteiger partial charge is 0.336 e. The highest BCUT2D eigenvalue weighted by atomic mass is 32.2. The molecule has 24 heavy (non-hydrogen) atoms. The Hall–Kier alpha value is -1.98. The Balaban J connectivity index is 1.62. The molecule has 3 aromatic rings. The minimum absolute atomic E-state index is 0.299. The number of aryl methyl sites for hydroxylation is 1. The molecule has 0 atom stereocenters. The molecular formula is C19H15NO2S2. The molecule has 120 valence electrons. The van der Waals surface area contributed by atoms with Crippen LogP contribution in [0.1, 0.15) is 16.7 Å². The van der Waals surface area contributed by atoms with Crippen LogP contribution in [0, 0.1) is 6.92 Å². The molecule has 0 saturated carbocycles. The first-order valence-corrected chi connectivity index (χ1v) is 9.62. The lowest BCUT2D eigenvalue weighted by atomic mass is 10.1. The third kappa shape index (κ3) is 3.14. The molecule has 5 heteroatoms. The van der Waals surface area contributed by atoms with Gasteiger partial charge in [0, 0.05) is 23.0 Å². The fourth-order valence-electron chi connectivity index (χ4n) is 2.68. The van der Waals surface area contributed by atoms with Crippen molar-refractivity contribution in [2.24, 2.45) is 4.99 Å². The molecule has 3 nitrogen and oxygen atoms in total. The summed E-state index contributed by atoms with van der Waals surface area (Å²) in [5.41, 5.74) is 4.75. The average molecular weight is 353 g/mol. The highest BCUT2D eigenvalue weighted by molar-refractivity contribution is 8.38. The lowest BCUT2D eigenvalue weighted by Crippen LogP contribution is -2.01. The Morgan fingerprint density at radius 3 is 3.00 bits per heavy atom. The predicted octanol–water partition coefficient (Wildman–Crippen LogP) is 5.27. The molecule has 0 radical (unpaired) electrons. The Labute approximate surface area is 148 Å². The minimum Gasteiger partial charge on any atom is -0.423 e. The van der Waals surface area contributed by atoms with E-state index < -0.39 is 0 Å². The van der Waals surface area contributed by atoms with Gasteiger partial charge in [-0.15, -0.1) is 0 Å². The number of thioether (sulfide) groups is 2. The van der Waals surface area contributed by atoms with Gasteiger partial charge in [-0.05, 0) is 35.7 Å². The van der Waals surface area contributed by atoms with Crippen molar-refractivity contribution in [3.8, 4) is 0 Å². The van der Waals surface area contributed by atoms with Crippen molar-refractivity contribution in [2.45, 2.75) is 18.4 Å². The summed E-state index contributed by atoms with van der Waals surface area (Å²) in [7, 11) is 0. The number of nitrogens with zero attached hydrogens (tertiary/aromatic N) is 1. The van der Waals surface area contributed by atoms with Crippen LogP contribution >= 0.6 is 23.5 Å². The molecule has 0 aliphatic carbocycles. The first-order chi connectivity index (χ1) is 11.7. The second kappa shape index (κ2) is 6.49. The zero-order valence-corrected chi connectivity index (χ0v) is 14.7. The van der Waals surface area contributed by atoms with Gasteiger partial charge in [0.2, 0.25) is 0 Å². The summed E-state index contributed by atoms with van der Waals surface area (Å²) in [6.45, 7) is 1.99. The summed E-state index contributed by atoms with van der Waals surface area (Å²) in [6, 6.07) is 15.8. The van der Waals surface area contributed by atoms with E-state index >= 15 is 0 Å². The molecule has 1 aromatic heterocycles. The SMILES string of the molecule is Cc1ccc2c(CSC3=Nc4ccccc4CS3)cc(=O)oc2c1. The van der Waals surface area contributed by atoms with Crippen molar-refractivity contribution in [3.63, 3.8) is 0 Å². The molecule has 0 spiro atoms. The van der Waals surface area contributed by atoms with Gasteiger partial charge >= 0.3 is 5.63 Å². The maximum absolute atomic E-state index is 11.8. The van der Waals surface area contributed by atoms with Gasteiger partial charge in [-0.1, -0.05) is 53.9 Å². The van der Waals surface area contributed by atoms with E-state index in [2.05, 4.69) is 6.07 Å². The fraction of sp³-hybridized carbons (Fsp3) is 0.158. The lowest BCUT2D eigenvalue weighted by Gasteiger charge is -2.14. The first-order valence-electron chi connectivity index (χ1n) is 7.65. The highest BCUT2D eigenvalue weighted by Crippen LogP contribution is 2.36. The maximum atomic E-state index is 11.8. The molecule has 0 fully saturated rings. The Kier molecular flexibility index (Phi) is 4.21. The predicted molar refractivity (Wildman–Crippen MR) is 103 cm³/mol. The number of hydrogen-bond acceptors (Lipinski definition) is 5. The van der Waals surface area contributed by atoms with Crippen LogP contribution in [0.15, 0.2) is 62.7 Å². The van der Waals surface area contributed by atoms with Crippen LogP contribution in [0.3, 0.4) is 0 Å². The van der Waals surface area contributed by atoms with E-state index in [9.17, 15) is 4.79 Å². The summed E-state index contributed by atoms with van der Waals surface area (Å²) in [5.74, 6) is 1.65. The molecular weight excluding hydrogens is 338 g/mol. The standard InChI is InChI=1S/C19H15NO2S2/c1-12-6-7-15-14(9-18(21)22-17(15)8-12)11-24-19-20-16-5-3-2-4-13(16)10-23-19/h2-9H,10-11H2,1H3. The van der Waals surface area contributed by atoms with Crippen LogP contribution in [0.25, 0.3) is 11.0 Å². The second-order valence-electron chi connectivity index (χ2n) is 5.67. The zero-order valence-electron chi connectivity index (χ0n) is 13.1. The molecule has 4 rings (SSSR count). The van der Waals surface area contributed by atoms with Gasteiger partial charge in [0.05, 0.1) is 5.69 Å². The van der Waals surface area contributed by atoms with E-state index in [1.165, 1.54) is 5.56 Å². The summed E-state index contributed by atoms with van der Waals surface area (Å²) in [5, 5.41) is 0.995. The van der Waals surface area contributed by atoms with Crippen molar-refractivity contribution in [2.75, 3.05) is 0 Å². The zero-order chi connectivity index (χ0) is 16.5. The molecule has 1 aliphatic rings. The minimum atomic E-state index is -0.299. The van der Waals surface area contributed by atoms with E-state index in [0.717, 1.165) is 32.3 Å². The number of fused-ring (bicyclic) bond motifs is 2. The molecule has 0 N–H and O–H groups in total. The molecule has 2 aromatic carbocycles. The normalized spacial score (nSPS) is 13.6. The lowest BCUT2D eigenvalue weighted by molar-refractivity contribution is 0.559. The topological polar surface area (TPSA) is 42.6 Å². The third-order valence-electron chi connectivity index (χ3n) is 3.89. The van der Waals surface area contributed by atoms with Gasteiger partial charge in [0.25, 0.3) is 0 Å². The van der Waals surface area contributed by atoms with Gasteiger partial charge in [-0.25, -0.2) is 9.79 Å². The highest BCUT2D eigenvalue weighted by Gasteiger charge is 2.14. The Bertz CT molecular complexity index is 1010. The van der Waals surface area contributed by atoms with Crippen LogP contribution < -0.4 is 5.63 Å². The van der Waals surface area contributed by atoms with E-state index in [0.29, 0.717) is 11.3 Å². The number of hydrogen-bond donors (Lipinski definition) is 0. The van der Waals surface area contributed by atoms with Crippen LogP contribution in [0.5, 0.6) is 0 Å². The van der Waals surface area contributed by atoms with Crippen molar-refractivity contribution in [1.29, 1.82) is 0 Å². The Morgan fingerprint density at radius 2 is 2.08 bits per heavy atom. The van der Waals surface area contributed by atoms with Crippen LogP contribution in [0.2, 0.25) is 0 Å². The van der Waals surface area contributed by atoms with Crippen molar-refractivity contribution in [3.05, 3.63) is 75.6 Å². The maximum Gasteiger partial charge on any atom is 0.336 e. The largest absolute Gasteiger partial charge is 0.423 e. The molecule has 1 aliphatic heterocycles. The number of aliphatic imine (C=N–C) groups is 1. The quantitative estimate of drug-likeness (QED) is 0.589. The Morgan fingerprint density at radius 1 is 1.21 bits per heavy atom. The fourth-order valence-corrected chi connectivity index (χ4v) is 4.74. The monoisotopic (exact) mass is 353 g/mol. The number of para-hydroxylation sites is 1. The van der Waals surface area contributed by atoms with Gasteiger partial charge in [0.15, 0.2) is 0 Å². The van der Waals surface area contributed by atoms with Gasteiger partial charge in [-0.3, -0.25) is 0 Å².